The molecule has 0 atom stereocenters. The lowest BCUT2D eigenvalue weighted by Gasteiger charge is -2.23. The smallest absolute Gasteiger partial charge is 0.229 e. The Hall–Kier alpha value is -2.61. The maximum atomic E-state index is 2.53. The average Bonchev–Trinajstić information content (AvgIpc) is 3.09. The number of benzene rings is 4. The molecule has 33 heavy (non-hydrogen) atoms. The van der Waals surface area contributed by atoms with E-state index in [1.807, 2.05) is 0 Å². The zero-order valence-corrected chi connectivity index (χ0v) is 21.8. The van der Waals surface area contributed by atoms with E-state index in [4.69, 9.17) is 0 Å². The van der Waals surface area contributed by atoms with Gasteiger partial charge in [0, 0.05) is 21.5 Å². The van der Waals surface area contributed by atoms with Gasteiger partial charge in [0.1, 0.15) is 0 Å². The van der Waals surface area contributed by atoms with E-state index in [0.717, 1.165) is 25.9 Å². The highest BCUT2D eigenvalue weighted by molar-refractivity contribution is 6.32. The zero-order valence-electron chi connectivity index (χ0n) is 21.8. The van der Waals surface area contributed by atoms with Crippen LogP contribution >= 0.6 is 0 Å². The van der Waals surface area contributed by atoms with Crippen molar-refractivity contribution in [3.05, 3.63) is 53.9 Å². The molecule has 1 aromatic heterocycles. The van der Waals surface area contributed by atoms with Crippen LogP contribution in [0.5, 0.6) is 0 Å². The van der Waals surface area contributed by atoms with Crippen LogP contribution in [-0.2, 0) is 23.9 Å². The van der Waals surface area contributed by atoms with Gasteiger partial charge < -0.3 is 0 Å². The monoisotopic (exact) mass is 439 g/mol. The molecule has 0 N–H and O–H groups in total. The first kappa shape index (κ1) is 22.2. The van der Waals surface area contributed by atoms with Gasteiger partial charge in [0.05, 0.1) is 13.1 Å². The van der Waals surface area contributed by atoms with Crippen molar-refractivity contribution in [1.82, 2.24) is 4.57 Å². The third-order valence-corrected chi connectivity index (χ3v) is 7.28. The Balaban J connectivity index is 2.10. The summed E-state index contributed by atoms with van der Waals surface area (Å²) in [5.74, 6) is 0. The number of fused-ring (bicyclic) bond motifs is 3. The summed E-state index contributed by atoms with van der Waals surface area (Å²) in [6.45, 7) is 20.6. The van der Waals surface area contributed by atoms with Crippen molar-refractivity contribution in [2.75, 3.05) is 0 Å². The predicted molar refractivity (Wildman–Crippen MR) is 144 cm³/mol. The van der Waals surface area contributed by atoms with E-state index in [9.17, 15) is 0 Å². The second-order valence-corrected chi connectivity index (χ2v) is 12.0. The van der Waals surface area contributed by atoms with Gasteiger partial charge in [-0.2, -0.15) is 0 Å². The van der Waals surface area contributed by atoms with Crippen molar-refractivity contribution in [3.8, 4) is 0 Å². The number of nitrogens with zero attached hydrogens (tertiary/aromatic N) is 2. The molecule has 0 radical (unpaired) electrons. The van der Waals surface area contributed by atoms with Crippen LogP contribution in [0.15, 0.2) is 42.7 Å². The Morgan fingerprint density at radius 1 is 0.727 bits per heavy atom. The fourth-order valence-electron chi connectivity index (χ4n) is 5.51. The van der Waals surface area contributed by atoms with Crippen LogP contribution in [0, 0.1) is 0 Å². The minimum Gasteiger partial charge on any atom is -0.229 e. The van der Waals surface area contributed by atoms with Gasteiger partial charge in [-0.25, -0.2) is 9.13 Å². The molecule has 0 amide bonds. The van der Waals surface area contributed by atoms with Gasteiger partial charge in [0.15, 0.2) is 11.0 Å². The second kappa shape index (κ2) is 7.45. The van der Waals surface area contributed by atoms with E-state index in [1.54, 1.807) is 0 Å². The molecule has 0 aliphatic rings. The van der Waals surface area contributed by atoms with Crippen LogP contribution in [0.4, 0.5) is 0 Å². The molecule has 1 heterocycles. The Bertz CT molecular complexity index is 1370. The maximum absolute atomic E-state index is 2.53. The molecule has 0 aliphatic carbocycles. The van der Waals surface area contributed by atoms with Gasteiger partial charge in [0.2, 0.25) is 6.33 Å². The number of hydrogen-bond acceptors (Lipinski definition) is 0. The van der Waals surface area contributed by atoms with E-state index >= 15 is 0 Å². The number of rotatable bonds is 4. The molecule has 2 nitrogen and oxygen atoms in total. The number of hydrogen-bond donors (Lipinski definition) is 0. The second-order valence-electron chi connectivity index (χ2n) is 12.0. The first-order chi connectivity index (χ1) is 15.5. The van der Waals surface area contributed by atoms with Crippen molar-refractivity contribution >= 4 is 43.4 Å². The summed E-state index contributed by atoms with van der Waals surface area (Å²) in [4.78, 5) is 0. The molecule has 0 aliphatic heterocycles. The molecule has 0 unspecified atom stereocenters. The molecule has 0 spiro atoms. The molecule has 0 fully saturated rings. The summed E-state index contributed by atoms with van der Waals surface area (Å²) in [5, 5.41) is 8.43. The molecular weight excluding hydrogens is 400 g/mol. The Kier molecular flexibility index (Phi) is 5.01. The summed E-state index contributed by atoms with van der Waals surface area (Å²) >= 11 is 0. The van der Waals surface area contributed by atoms with Gasteiger partial charge in [-0.1, -0.05) is 79.7 Å². The molecule has 0 saturated carbocycles. The molecule has 5 rings (SSSR count). The summed E-state index contributed by atoms with van der Waals surface area (Å²) in [5.41, 5.74) is 5.86. The number of imidazole rings is 1. The largest absolute Gasteiger partial charge is 0.244 e. The molecule has 4 aromatic carbocycles. The van der Waals surface area contributed by atoms with Crippen molar-refractivity contribution in [2.45, 2.75) is 92.2 Å². The van der Waals surface area contributed by atoms with E-state index in [1.165, 1.54) is 54.5 Å². The van der Waals surface area contributed by atoms with Crippen LogP contribution in [0.1, 0.15) is 79.4 Å². The first-order valence-corrected chi connectivity index (χ1v) is 12.7. The highest BCUT2D eigenvalue weighted by atomic mass is 15.1. The third kappa shape index (κ3) is 3.41. The van der Waals surface area contributed by atoms with Gasteiger partial charge in [-0.3, -0.25) is 0 Å². The Morgan fingerprint density at radius 2 is 1.27 bits per heavy atom. The van der Waals surface area contributed by atoms with Gasteiger partial charge in [0.25, 0.3) is 0 Å². The van der Waals surface area contributed by atoms with Crippen molar-refractivity contribution in [3.63, 3.8) is 0 Å². The summed E-state index contributed by atoms with van der Waals surface area (Å²) in [7, 11) is 0. The molecule has 0 bridgehead atoms. The first-order valence-electron chi connectivity index (χ1n) is 12.7. The van der Waals surface area contributed by atoms with Gasteiger partial charge in [-0.15, -0.1) is 0 Å². The van der Waals surface area contributed by atoms with Crippen molar-refractivity contribution in [2.24, 2.45) is 0 Å². The maximum Gasteiger partial charge on any atom is 0.244 e. The van der Waals surface area contributed by atoms with Crippen molar-refractivity contribution < 1.29 is 4.57 Å². The van der Waals surface area contributed by atoms with Crippen LogP contribution in [0.2, 0.25) is 0 Å². The van der Waals surface area contributed by atoms with E-state index in [2.05, 4.69) is 107 Å². The lowest BCUT2D eigenvalue weighted by atomic mass is 9.81. The number of aryl methyl sites for hydroxylation is 2. The predicted octanol–water partition coefficient (Wildman–Crippen LogP) is 8.24. The highest BCUT2D eigenvalue weighted by Gasteiger charge is 2.27. The molecule has 172 valence electrons. The van der Waals surface area contributed by atoms with E-state index < -0.39 is 0 Å². The van der Waals surface area contributed by atoms with Crippen LogP contribution in [-0.4, -0.2) is 4.57 Å². The van der Waals surface area contributed by atoms with E-state index in [-0.39, 0.29) is 10.8 Å². The normalized spacial score (nSPS) is 13.3. The fourth-order valence-corrected chi connectivity index (χ4v) is 5.51. The number of aromatic nitrogens is 2. The lowest BCUT2D eigenvalue weighted by Crippen LogP contribution is -2.32. The van der Waals surface area contributed by atoms with Crippen LogP contribution < -0.4 is 4.57 Å². The summed E-state index contributed by atoms with van der Waals surface area (Å²) < 4.78 is 5.05. The topological polar surface area (TPSA) is 8.81 Å². The van der Waals surface area contributed by atoms with Crippen LogP contribution in [0.3, 0.4) is 0 Å². The van der Waals surface area contributed by atoms with Gasteiger partial charge in [-0.05, 0) is 57.7 Å². The Morgan fingerprint density at radius 3 is 1.79 bits per heavy atom. The summed E-state index contributed by atoms with van der Waals surface area (Å²) in [6, 6.07) is 14.5. The van der Waals surface area contributed by atoms with Crippen molar-refractivity contribution in [1.29, 1.82) is 0 Å². The minimum absolute atomic E-state index is 0.109. The van der Waals surface area contributed by atoms with E-state index in [0.29, 0.717) is 0 Å². The molecular formula is C31H39N2+. The zero-order chi connectivity index (χ0) is 23.7. The molecule has 2 heteroatoms. The van der Waals surface area contributed by atoms with Gasteiger partial charge >= 0.3 is 0 Å². The highest BCUT2D eigenvalue weighted by Crippen LogP contribution is 2.43. The quantitative estimate of drug-likeness (QED) is 0.197. The standard InChI is InChI=1S/C31H39N2/c1-9-13-32-19-33(14-10-2)29-25-18-23(31(6,7)8)16-21-12-11-20-15-22(30(3,4)5)17-24(28(29)32)26(20)27(21)25/h11-12,15-19H,9-10,13-14H2,1-8H3/q+1. The van der Waals surface area contributed by atoms with Crippen LogP contribution in [0.25, 0.3) is 43.4 Å². The lowest BCUT2D eigenvalue weighted by molar-refractivity contribution is -0.671. The SMILES string of the molecule is CCCn1c[n+](CCC)c2c3cc(C(C)(C)C)cc4ccc5cc(C(C)(C)C)cc(c5c43)c21. The summed E-state index contributed by atoms with van der Waals surface area (Å²) in [6.07, 6.45) is 4.65. The third-order valence-electron chi connectivity index (χ3n) is 7.28. The molecule has 5 aromatic rings. The Labute approximate surface area is 198 Å². The molecule has 0 saturated heterocycles. The minimum atomic E-state index is 0.109. The average molecular weight is 440 g/mol. The fraction of sp³-hybridized carbons (Fsp3) is 0.452.